The number of aryl methyl sites for hydroxylation is 1. The van der Waals surface area contributed by atoms with Gasteiger partial charge in [0.1, 0.15) is 5.75 Å². The van der Waals surface area contributed by atoms with Crippen molar-refractivity contribution in [2.45, 2.75) is 45.1 Å². The molecule has 1 saturated carbocycles. The average Bonchev–Trinajstić information content (AvgIpc) is 3.13. The van der Waals surface area contributed by atoms with E-state index in [1.807, 2.05) is 12.1 Å². The molecule has 0 bridgehead atoms. The summed E-state index contributed by atoms with van der Waals surface area (Å²) in [6.45, 7) is 4.14. The van der Waals surface area contributed by atoms with E-state index in [0.29, 0.717) is 12.3 Å². The number of hydrogen-bond donors (Lipinski definition) is 1. The third-order valence-electron chi connectivity index (χ3n) is 3.88. The topological polar surface area (TPSA) is 29.5 Å². The molecular weight excluding hydrogens is 212 g/mol. The maximum absolute atomic E-state index is 10.7. The van der Waals surface area contributed by atoms with E-state index in [1.54, 1.807) is 7.11 Å². The number of rotatable bonds is 5. The van der Waals surface area contributed by atoms with E-state index in [0.717, 1.165) is 17.7 Å². The third-order valence-corrected chi connectivity index (χ3v) is 3.88. The molecule has 1 aliphatic carbocycles. The highest BCUT2D eigenvalue weighted by Gasteiger charge is 2.42. The standard InChI is InChI=1S/C15H22O2/c1-4-15(16,13-6-7-13)10-12-9-11(2)5-8-14(12)17-3/h5,8-9,13,16H,4,6-7,10H2,1-3H3. The van der Waals surface area contributed by atoms with Crippen LogP contribution in [0.2, 0.25) is 0 Å². The monoisotopic (exact) mass is 234 g/mol. The van der Waals surface area contributed by atoms with Crippen molar-refractivity contribution in [3.8, 4) is 5.75 Å². The molecule has 1 aromatic carbocycles. The quantitative estimate of drug-likeness (QED) is 0.848. The summed E-state index contributed by atoms with van der Waals surface area (Å²) in [4.78, 5) is 0. The van der Waals surface area contributed by atoms with Gasteiger partial charge in [-0.05, 0) is 43.7 Å². The summed E-state index contributed by atoms with van der Waals surface area (Å²) >= 11 is 0. The van der Waals surface area contributed by atoms with Crippen LogP contribution in [0.15, 0.2) is 18.2 Å². The molecule has 2 nitrogen and oxygen atoms in total. The predicted octanol–water partition coefficient (Wildman–Crippen LogP) is 3.10. The van der Waals surface area contributed by atoms with Crippen molar-refractivity contribution >= 4 is 0 Å². The molecule has 2 heteroatoms. The van der Waals surface area contributed by atoms with Crippen LogP contribution in [-0.2, 0) is 6.42 Å². The Morgan fingerprint density at radius 3 is 2.65 bits per heavy atom. The molecule has 1 atom stereocenters. The van der Waals surface area contributed by atoms with Crippen LogP contribution in [0.4, 0.5) is 0 Å². The van der Waals surface area contributed by atoms with Gasteiger partial charge in [0.15, 0.2) is 0 Å². The molecule has 1 N–H and O–H groups in total. The minimum absolute atomic E-state index is 0.484. The first-order valence-electron chi connectivity index (χ1n) is 6.45. The van der Waals surface area contributed by atoms with E-state index in [4.69, 9.17) is 4.74 Å². The summed E-state index contributed by atoms with van der Waals surface area (Å²) < 4.78 is 5.38. The van der Waals surface area contributed by atoms with E-state index in [2.05, 4.69) is 19.9 Å². The second-order valence-corrected chi connectivity index (χ2v) is 5.22. The Kier molecular flexibility index (Phi) is 3.43. The summed E-state index contributed by atoms with van der Waals surface area (Å²) in [5, 5.41) is 10.7. The van der Waals surface area contributed by atoms with Crippen LogP contribution < -0.4 is 4.74 Å². The zero-order valence-electron chi connectivity index (χ0n) is 11.0. The summed E-state index contributed by atoms with van der Waals surface area (Å²) in [5.74, 6) is 1.38. The molecule has 2 rings (SSSR count). The Labute approximate surface area is 104 Å². The maximum Gasteiger partial charge on any atom is 0.122 e. The number of methoxy groups -OCH3 is 1. The number of benzene rings is 1. The molecule has 0 saturated heterocycles. The third kappa shape index (κ3) is 2.63. The predicted molar refractivity (Wildman–Crippen MR) is 69.4 cm³/mol. The molecule has 0 radical (unpaired) electrons. The molecule has 0 spiro atoms. The van der Waals surface area contributed by atoms with Crippen LogP contribution in [0.1, 0.15) is 37.3 Å². The Balaban J connectivity index is 2.24. The molecule has 0 amide bonds. The van der Waals surface area contributed by atoms with E-state index >= 15 is 0 Å². The average molecular weight is 234 g/mol. The Hall–Kier alpha value is -1.02. The van der Waals surface area contributed by atoms with E-state index in [1.165, 1.54) is 18.4 Å². The first-order chi connectivity index (χ1) is 8.09. The van der Waals surface area contributed by atoms with Crippen molar-refractivity contribution in [3.05, 3.63) is 29.3 Å². The lowest BCUT2D eigenvalue weighted by Crippen LogP contribution is -2.33. The molecule has 0 heterocycles. The lowest BCUT2D eigenvalue weighted by Gasteiger charge is -2.27. The number of ether oxygens (including phenoxy) is 1. The SMILES string of the molecule is CCC(O)(Cc1cc(C)ccc1OC)C1CC1. The minimum Gasteiger partial charge on any atom is -0.496 e. The smallest absolute Gasteiger partial charge is 0.122 e. The van der Waals surface area contributed by atoms with Gasteiger partial charge in [0.2, 0.25) is 0 Å². The van der Waals surface area contributed by atoms with Crippen LogP contribution in [0, 0.1) is 12.8 Å². The van der Waals surface area contributed by atoms with Gasteiger partial charge in [-0.3, -0.25) is 0 Å². The van der Waals surface area contributed by atoms with Crippen molar-refractivity contribution in [1.29, 1.82) is 0 Å². The largest absolute Gasteiger partial charge is 0.496 e. The molecular formula is C15H22O2. The van der Waals surface area contributed by atoms with E-state index < -0.39 is 5.60 Å². The van der Waals surface area contributed by atoms with Crippen molar-refractivity contribution < 1.29 is 9.84 Å². The number of hydrogen-bond acceptors (Lipinski definition) is 2. The lowest BCUT2D eigenvalue weighted by molar-refractivity contribution is 0.0134. The fraction of sp³-hybridized carbons (Fsp3) is 0.600. The summed E-state index contributed by atoms with van der Waals surface area (Å²) in [6, 6.07) is 6.17. The molecule has 0 aromatic heterocycles. The van der Waals surface area contributed by atoms with Gasteiger partial charge in [0.05, 0.1) is 12.7 Å². The second kappa shape index (κ2) is 4.69. The zero-order valence-corrected chi connectivity index (χ0v) is 11.0. The number of aliphatic hydroxyl groups is 1. The van der Waals surface area contributed by atoms with Crippen molar-refractivity contribution in [3.63, 3.8) is 0 Å². The fourth-order valence-corrected chi connectivity index (χ4v) is 2.55. The van der Waals surface area contributed by atoms with E-state index in [9.17, 15) is 5.11 Å². The maximum atomic E-state index is 10.7. The highest BCUT2D eigenvalue weighted by atomic mass is 16.5. The van der Waals surface area contributed by atoms with Crippen LogP contribution in [-0.4, -0.2) is 17.8 Å². The molecule has 1 unspecified atom stereocenters. The highest BCUT2D eigenvalue weighted by Crippen LogP contribution is 2.44. The molecule has 0 aliphatic heterocycles. The lowest BCUT2D eigenvalue weighted by atomic mass is 9.86. The Morgan fingerprint density at radius 2 is 2.12 bits per heavy atom. The minimum atomic E-state index is -0.541. The summed E-state index contributed by atoms with van der Waals surface area (Å²) in [5.41, 5.74) is 1.81. The first kappa shape index (κ1) is 12.4. The van der Waals surface area contributed by atoms with Gasteiger partial charge in [0, 0.05) is 6.42 Å². The first-order valence-corrected chi connectivity index (χ1v) is 6.45. The molecule has 17 heavy (non-hydrogen) atoms. The molecule has 94 valence electrons. The van der Waals surface area contributed by atoms with E-state index in [-0.39, 0.29) is 0 Å². The van der Waals surface area contributed by atoms with Gasteiger partial charge in [-0.2, -0.15) is 0 Å². The van der Waals surface area contributed by atoms with Crippen LogP contribution in [0.5, 0.6) is 5.75 Å². The Morgan fingerprint density at radius 1 is 1.41 bits per heavy atom. The van der Waals surface area contributed by atoms with Crippen LogP contribution >= 0.6 is 0 Å². The normalized spacial score (nSPS) is 18.8. The summed E-state index contributed by atoms with van der Waals surface area (Å²) in [7, 11) is 1.69. The van der Waals surface area contributed by atoms with Gasteiger partial charge < -0.3 is 9.84 Å². The zero-order chi connectivity index (χ0) is 12.5. The van der Waals surface area contributed by atoms with Gasteiger partial charge in [-0.15, -0.1) is 0 Å². The van der Waals surface area contributed by atoms with Crippen LogP contribution in [0.3, 0.4) is 0 Å². The fourth-order valence-electron chi connectivity index (χ4n) is 2.55. The van der Waals surface area contributed by atoms with Gasteiger partial charge in [-0.1, -0.05) is 24.6 Å². The highest BCUT2D eigenvalue weighted by molar-refractivity contribution is 5.38. The second-order valence-electron chi connectivity index (χ2n) is 5.22. The van der Waals surface area contributed by atoms with Gasteiger partial charge in [-0.25, -0.2) is 0 Å². The van der Waals surface area contributed by atoms with Crippen LogP contribution in [0.25, 0.3) is 0 Å². The van der Waals surface area contributed by atoms with Crippen molar-refractivity contribution in [1.82, 2.24) is 0 Å². The Bertz CT molecular complexity index is 396. The molecule has 1 aromatic rings. The molecule has 1 fully saturated rings. The van der Waals surface area contributed by atoms with Gasteiger partial charge >= 0.3 is 0 Å². The van der Waals surface area contributed by atoms with Crippen molar-refractivity contribution in [2.75, 3.05) is 7.11 Å². The van der Waals surface area contributed by atoms with Gasteiger partial charge in [0.25, 0.3) is 0 Å². The summed E-state index contributed by atoms with van der Waals surface area (Å²) in [6.07, 6.45) is 3.85. The molecule has 1 aliphatic rings. The van der Waals surface area contributed by atoms with Crippen molar-refractivity contribution in [2.24, 2.45) is 5.92 Å².